The molecule has 144 valence electrons. The predicted octanol–water partition coefficient (Wildman–Crippen LogP) is 2.17. The van der Waals surface area contributed by atoms with Crippen molar-refractivity contribution in [2.45, 2.75) is 51.7 Å². The molecule has 1 heterocycles. The number of carbonyl (C=O) groups is 2. The van der Waals surface area contributed by atoms with Crippen LogP contribution in [0.2, 0.25) is 0 Å². The van der Waals surface area contributed by atoms with Crippen LogP contribution in [0.1, 0.15) is 50.0 Å². The molecule has 0 aliphatic heterocycles. The largest absolute Gasteiger partial charge is 0.448 e. The zero-order valence-corrected chi connectivity index (χ0v) is 15.9. The average Bonchev–Trinajstić information content (AvgIpc) is 2.66. The molecule has 0 bridgehead atoms. The highest BCUT2D eigenvalue weighted by Gasteiger charge is 2.27. The number of aromatic nitrogens is 2. The second-order valence-corrected chi connectivity index (χ2v) is 7.25. The Balaban J connectivity index is 1.75. The molecule has 0 radical (unpaired) electrons. The van der Waals surface area contributed by atoms with Gasteiger partial charge in [0, 0.05) is 18.5 Å². The average molecular weight is 371 g/mol. The van der Waals surface area contributed by atoms with E-state index in [2.05, 4.69) is 17.3 Å². The first kappa shape index (κ1) is 19.1. The van der Waals surface area contributed by atoms with E-state index >= 15 is 0 Å². The van der Waals surface area contributed by atoms with Gasteiger partial charge >= 0.3 is 5.97 Å². The molecule has 7 heteroatoms. The van der Waals surface area contributed by atoms with Crippen molar-refractivity contribution in [2.24, 2.45) is 13.0 Å². The van der Waals surface area contributed by atoms with Gasteiger partial charge in [-0.2, -0.15) is 5.10 Å². The molecule has 3 rings (SSSR count). The standard InChI is InChI=1S/C20H25N3O4/c1-12-8-4-7-11-16(12)21-18(24)13(2)27-20(26)17-14-9-5-6-10-15(14)19(25)23(3)22-17/h5-6,9-10,12-13,16H,4,7-8,11H2,1-3H3,(H,21,24)/t12-,13-,16-/m0/s1. The smallest absolute Gasteiger partial charge is 0.360 e. The molecular weight excluding hydrogens is 346 g/mol. The molecule has 3 atom stereocenters. The number of rotatable bonds is 4. The molecule has 1 N–H and O–H groups in total. The van der Waals surface area contributed by atoms with E-state index in [4.69, 9.17) is 4.74 Å². The number of nitrogens with zero attached hydrogens (tertiary/aromatic N) is 2. The summed E-state index contributed by atoms with van der Waals surface area (Å²) in [6.45, 7) is 3.67. The molecule has 1 aromatic heterocycles. The second kappa shape index (κ2) is 7.90. The van der Waals surface area contributed by atoms with Gasteiger partial charge < -0.3 is 10.1 Å². The number of aryl methyl sites for hydroxylation is 1. The van der Waals surface area contributed by atoms with E-state index in [9.17, 15) is 14.4 Å². The van der Waals surface area contributed by atoms with E-state index in [0.29, 0.717) is 16.7 Å². The Kier molecular flexibility index (Phi) is 5.58. The minimum Gasteiger partial charge on any atom is -0.448 e. The first-order valence-electron chi connectivity index (χ1n) is 9.36. The Morgan fingerprint density at radius 3 is 2.59 bits per heavy atom. The third-order valence-corrected chi connectivity index (χ3v) is 5.24. The number of hydrogen-bond acceptors (Lipinski definition) is 5. The third-order valence-electron chi connectivity index (χ3n) is 5.24. The van der Waals surface area contributed by atoms with Crippen molar-refractivity contribution in [1.82, 2.24) is 15.1 Å². The lowest BCUT2D eigenvalue weighted by Gasteiger charge is -2.30. The van der Waals surface area contributed by atoms with E-state index < -0.39 is 12.1 Å². The van der Waals surface area contributed by atoms with Gasteiger partial charge in [-0.15, -0.1) is 0 Å². The summed E-state index contributed by atoms with van der Waals surface area (Å²) in [4.78, 5) is 37.2. The summed E-state index contributed by atoms with van der Waals surface area (Å²) in [6.07, 6.45) is 3.37. The molecule has 0 unspecified atom stereocenters. The number of nitrogens with one attached hydrogen (secondary N) is 1. The lowest BCUT2D eigenvalue weighted by molar-refractivity contribution is -0.130. The third kappa shape index (κ3) is 4.02. The van der Waals surface area contributed by atoms with E-state index in [-0.39, 0.29) is 23.2 Å². The molecule has 1 aliphatic rings. The van der Waals surface area contributed by atoms with Crippen LogP contribution < -0.4 is 10.9 Å². The van der Waals surface area contributed by atoms with Gasteiger partial charge in [-0.3, -0.25) is 9.59 Å². The second-order valence-electron chi connectivity index (χ2n) is 7.25. The highest BCUT2D eigenvalue weighted by molar-refractivity contribution is 6.02. The topological polar surface area (TPSA) is 90.3 Å². The van der Waals surface area contributed by atoms with Crippen LogP contribution >= 0.6 is 0 Å². The summed E-state index contributed by atoms with van der Waals surface area (Å²) in [5, 5.41) is 7.83. The van der Waals surface area contributed by atoms with Gasteiger partial charge in [0.15, 0.2) is 11.8 Å². The van der Waals surface area contributed by atoms with Crippen molar-refractivity contribution in [2.75, 3.05) is 0 Å². The Morgan fingerprint density at radius 1 is 1.22 bits per heavy atom. The van der Waals surface area contributed by atoms with Crippen LogP contribution in [0.5, 0.6) is 0 Å². The number of hydrogen-bond donors (Lipinski definition) is 1. The number of esters is 1. The zero-order valence-electron chi connectivity index (χ0n) is 15.9. The summed E-state index contributed by atoms with van der Waals surface area (Å²) in [5.41, 5.74) is -0.266. The first-order valence-corrected chi connectivity index (χ1v) is 9.36. The van der Waals surface area contributed by atoms with Crippen molar-refractivity contribution >= 4 is 22.6 Å². The Labute approximate surface area is 157 Å². The first-order chi connectivity index (χ1) is 12.9. The van der Waals surface area contributed by atoms with Gasteiger partial charge in [0.2, 0.25) is 0 Å². The summed E-state index contributed by atoms with van der Waals surface area (Å²) >= 11 is 0. The minimum atomic E-state index is -0.940. The van der Waals surface area contributed by atoms with Crippen molar-refractivity contribution in [3.63, 3.8) is 0 Å². The van der Waals surface area contributed by atoms with Crippen molar-refractivity contribution in [3.05, 3.63) is 40.3 Å². The molecule has 1 aliphatic carbocycles. The fraction of sp³-hybridized carbons (Fsp3) is 0.500. The Hall–Kier alpha value is -2.70. The van der Waals surface area contributed by atoms with E-state index in [1.54, 1.807) is 31.2 Å². The van der Waals surface area contributed by atoms with Gasteiger partial charge in [-0.1, -0.05) is 38.0 Å². The molecule has 1 fully saturated rings. The van der Waals surface area contributed by atoms with Gasteiger partial charge in [-0.05, 0) is 31.7 Å². The molecule has 1 saturated carbocycles. The molecule has 2 aromatic rings. The molecule has 27 heavy (non-hydrogen) atoms. The van der Waals surface area contributed by atoms with Crippen LogP contribution in [0.25, 0.3) is 10.8 Å². The maximum absolute atomic E-state index is 12.6. The molecule has 1 amide bonds. The summed E-state index contributed by atoms with van der Waals surface area (Å²) < 4.78 is 6.45. The molecule has 1 aromatic carbocycles. The molecule has 0 saturated heterocycles. The summed E-state index contributed by atoms with van der Waals surface area (Å²) in [6, 6.07) is 6.84. The van der Waals surface area contributed by atoms with Crippen LogP contribution in [-0.2, 0) is 16.6 Å². The van der Waals surface area contributed by atoms with Crippen LogP contribution in [0.4, 0.5) is 0 Å². The minimum absolute atomic E-state index is 0.0263. The predicted molar refractivity (Wildman–Crippen MR) is 101 cm³/mol. The fourth-order valence-corrected chi connectivity index (χ4v) is 3.55. The molecule has 0 spiro atoms. The summed E-state index contributed by atoms with van der Waals surface area (Å²) in [7, 11) is 1.48. The van der Waals surface area contributed by atoms with E-state index in [1.807, 2.05) is 0 Å². The maximum Gasteiger partial charge on any atom is 0.360 e. The van der Waals surface area contributed by atoms with Gasteiger partial charge in [0.25, 0.3) is 11.5 Å². The van der Waals surface area contributed by atoms with Crippen LogP contribution in [0, 0.1) is 5.92 Å². The summed E-state index contributed by atoms with van der Waals surface area (Å²) in [5.74, 6) is -0.614. The Morgan fingerprint density at radius 2 is 1.89 bits per heavy atom. The van der Waals surface area contributed by atoms with Crippen molar-refractivity contribution < 1.29 is 14.3 Å². The molecular formula is C20H25N3O4. The lowest BCUT2D eigenvalue weighted by atomic mass is 9.86. The van der Waals surface area contributed by atoms with Crippen molar-refractivity contribution in [1.29, 1.82) is 0 Å². The number of amides is 1. The lowest BCUT2D eigenvalue weighted by Crippen LogP contribution is -2.46. The van der Waals surface area contributed by atoms with Crippen molar-refractivity contribution in [3.8, 4) is 0 Å². The van der Waals surface area contributed by atoms with Crippen LogP contribution in [0.3, 0.4) is 0 Å². The number of ether oxygens (including phenoxy) is 1. The number of carbonyl (C=O) groups excluding carboxylic acids is 2. The number of fused-ring (bicyclic) bond motifs is 1. The highest BCUT2D eigenvalue weighted by Crippen LogP contribution is 2.24. The van der Waals surface area contributed by atoms with Crippen LogP contribution in [0.15, 0.2) is 29.1 Å². The van der Waals surface area contributed by atoms with Gasteiger partial charge in [0.1, 0.15) is 0 Å². The zero-order chi connectivity index (χ0) is 19.6. The normalized spacial score (nSPS) is 20.9. The van der Waals surface area contributed by atoms with E-state index in [0.717, 1.165) is 23.9 Å². The van der Waals surface area contributed by atoms with Crippen LogP contribution in [-0.4, -0.2) is 33.8 Å². The van der Waals surface area contributed by atoms with Gasteiger partial charge in [0.05, 0.1) is 5.39 Å². The Bertz CT molecular complexity index is 921. The molecule has 7 nitrogen and oxygen atoms in total. The van der Waals surface area contributed by atoms with E-state index in [1.165, 1.54) is 13.5 Å². The maximum atomic E-state index is 12.6. The fourth-order valence-electron chi connectivity index (χ4n) is 3.55. The quantitative estimate of drug-likeness (QED) is 0.832. The highest BCUT2D eigenvalue weighted by atomic mass is 16.5. The van der Waals surface area contributed by atoms with Gasteiger partial charge in [-0.25, -0.2) is 9.48 Å². The SMILES string of the molecule is C[C@H](OC(=O)c1nn(C)c(=O)c2ccccc12)C(=O)N[C@H]1CCCC[C@@H]1C. The monoisotopic (exact) mass is 371 g/mol. The number of benzene rings is 1.